The summed E-state index contributed by atoms with van der Waals surface area (Å²) in [5, 5.41) is 7.95. The second-order valence-electron chi connectivity index (χ2n) is 5.04. The van der Waals surface area contributed by atoms with Crippen LogP contribution in [0, 0.1) is 6.92 Å². The quantitative estimate of drug-likeness (QED) is 0.854. The molecule has 0 radical (unpaired) electrons. The summed E-state index contributed by atoms with van der Waals surface area (Å²) >= 11 is 0. The van der Waals surface area contributed by atoms with Gasteiger partial charge in [0.1, 0.15) is 0 Å². The summed E-state index contributed by atoms with van der Waals surface area (Å²) in [6.07, 6.45) is 1.90. The minimum absolute atomic E-state index is 0.0424. The summed E-state index contributed by atoms with van der Waals surface area (Å²) in [6, 6.07) is 4.32. The van der Waals surface area contributed by atoms with Gasteiger partial charge in [0.15, 0.2) is 0 Å². The fourth-order valence-corrected chi connectivity index (χ4v) is 2.22. The Morgan fingerprint density at radius 3 is 2.50 bits per heavy atom. The second kappa shape index (κ2) is 4.07. The average molecular weight is 268 g/mol. The lowest BCUT2D eigenvalue weighted by Gasteiger charge is -2.13. The van der Waals surface area contributed by atoms with Crippen molar-refractivity contribution in [3.63, 3.8) is 0 Å². The number of carbonyl (C=O) groups is 1. The number of hydrogen-bond acceptors (Lipinski definition) is 3. The second-order valence-corrected chi connectivity index (χ2v) is 6.60. The molecule has 0 spiro atoms. The number of aryl methyl sites for hydroxylation is 1. The van der Waals surface area contributed by atoms with Crippen molar-refractivity contribution in [2.75, 3.05) is 0 Å². The molecule has 0 aromatic heterocycles. The van der Waals surface area contributed by atoms with Gasteiger partial charge in [-0.1, -0.05) is 6.07 Å². The van der Waals surface area contributed by atoms with Crippen molar-refractivity contribution >= 4 is 15.9 Å². The van der Waals surface area contributed by atoms with E-state index in [1.807, 2.05) is 6.92 Å². The third kappa shape index (κ3) is 2.70. The number of primary sulfonamides is 1. The zero-order valence-electron chi connectivity index (χ0n) is 10.4. The molecule has 6 heteroatoms. The molecule has 0 aliphatic heterocycles. The molecule has 98 valence electrons. The number of benzene rings is 1. The Balaban J connectivity index is 2.34. The number of carbonyl (C=O) groups excluding carboxylic acids is 1. The van der Waals surface area contributed by atoms with Crippen molar-refractivity contribution < 1.29 is 13.2 Å². The monoisotopic (exact) mass is 268 g/mol. The van der Waals surface area contributed by atoms with Crippen LogP contribution < -0.4 is 10.5 Å². The van der Waals surface area contributed by atoms with Gasteiger partial charge in [-0.2, -0.15) is 0 Å². The molecule has 1 aromatic rings. The van der Waals surface area contributed by atoms with E-state index in [0.29, 0.717) is 5.56 Å². The first-order valence-corrected chi connectivity index (χ1v) is 7.22. The molecule has 1 amide bonds. The van der Waals surface area contributed by atoms with Crippen molar-refractivity contribution in [1.29, 1.82) is 0 Å². The van der Waals surface area contributed by atoms with Gasteiger partial charge < -0.3 is 5.32 Å². The third-order valence-corrected chi connectivity index (χ3v) is 4.11. The fourth-order valence-electron chi connectivity index (χ4n) is 1.68. The molecule has 1 fully saturated rings. The summed E-state index contributed by atoms with van der Waals surface area (Å²) in [5.41, 5.74) is 0.944. The maximum Gasteiger partial charge on any atom is 0.252 e. The molecule has 3 N–H and O–H groups in total. The number of nitrogens with two attached hydrogens (primary N) is 1. The number of nitrogens with one attached hydrogen (secondary N) is 1. The summed E-state index contributed by atoms with van der Waals surface area (Å²) < 4.78 is 22.5. The van der Waals surface area contributed by atoms with Crippen LogP contribution in [-0.4, -0.2) is 19.9 Å². The van der Waals surface area contributed by atoms with E-state index in [1.165, 1.54) is 12.1 Å². The molecule has 2 rings (SSSR count). The van der Waals surface area contributed by atoms with E-state index in [-0.39, 0.29) is 16.3 Å². The van der Waals surface area contributed by atoms with Gasteiger partial charge in [0, 0.05) is 11.1 Å². The van der Waals surface area contributed by atoms with Gasteiger partial charge in [0.05, 0.1) is 4.90 Å². The van der Waals surface area contributed by atoms with Crippen molar-refractivity contribution in [3.8, 4) is 0 Å². The minimum Gasteiger partial charge on any atom is -0.347 e. The fraction of sp³-hybridized carbons (Fsp3) is 0.417. The standard InChI is InChI=1S/C12H16N2O3S/c1-8-3-4-9(18(13,16)17)7-10(8)11(15)14-12(2)5-6-12/h3-4,7H,5-6H2,1-2H3,(H,14,15)(H2,13,16,17). The molecule has 5 nitrogen and oxygen atoms in total. The number of hydrogen-bond donors (Lipinski definition) is 2. The van der Waals surface area contributed by atoms with Crippen LogP contribution >= 0.6 is 0 Å². The van der Waals surface area contributed by atoms with Crippen molar-refractivity contribution in [3.05, 3.63) is 29.3 Å². The molecule has 18 heavy (non-hydrogen) atoms. The lowest BCUT2D eigenvalue weighted by molar-refractivity contribution is 0.0934. The Bertz CT molecular complexity index is 604. The molecule has 1 aliphatic rings. The molecule has 1 aromatic carbocycles. The zero-order valence-corrected chi connectivity index (χ0v) is 11.2. The molecular weight excluding hydrogens is 252 g/mol. The van der Waals surface area contributed by atoms with Crippen LogP contribution in [0.3, 0.4) is 0 Å². The van der Waals surface area contributed by atoms with Crippen molar-refractivity contribution in [2.24, 2.45) is 5.14 Å². The van der Waals surface area contributed by atoms with Gasteiger partial charge in [-0.25, -0.2) is 13.6 Å². The van der Waals surface area contributed by atoms with E-state index >= 15 is 0 Å². The first-order valence-electron chi connectivity index (χ1n) is 5.67. The first-order chi connectivity index (χ1) is 8.21. The molecule has 1 saturated carbocycles. The smallest absolute Gasteiger partial charge is 0.252 e. The van der Waals surface area contributed by atoms with E-state index in [1.54, 1.807) is 13.0 Å². The highest BCUT2D eigenvalue weighted by atomic mass is 32.2. The Morgan fingerprint density at radius 2 is 2.00 bits per heavy atom. The average Bonchev–Trinajstić information content (AvgIpc) is 2.94. The minimum atomic E-state index is -3.78. The highest BCUT2D eigenvalue weighted by molar-refractivity contribution is 7.89. The maximum atomic E-state index is 12.1. The topological polar surface area (TPSA) is 89.3 Å². The largest absolute Gasteiger partial charge is 0.347 e. The SMILES string of the molecule is Cc1ccc(S(N)(=O)=O)cc1C(=O)NC1(C)CC1. The normalized spacial score (nSPS) is 17.3. The van der Waals surface area contributed by atoms with E-state index < -0.39 is 10.0 Å². The Labute approximate surface area is 106 Å². The molecule has 0 saturated heterocycles. The van der Waals surface area contributed by atoms with Crippen LogP contribution in [0.1, 0.15) is 35.7 Å². The Hall–Kier alpha value is -1.40. The summed E-state index contributed by atoms with van der Waals surface area (Å²) in [6.45, 7) is 3.72. The van der Waals surface area contributed by atoms with Crippen LogP contribution in [0.2, 0.25) is 0 Å². The van der Waals surface area contributed by atoms with Gasteiger partial charge in [-0.05, 0) is 44.4 Å². The van der Waals surface area contributed by atoms with Gasteiger partial charge in [-0.15, -0.1) is 0 Å². The van der Waals surface area contributed by atoms with Crippen LogP contribution in [0.25, 0.3) is 0 Å². The number of rotatable bonds is 3. The molecule has 0 unspecified atom stereocenters. The van der Waals surface area contributed by atoms with Crippen molar-refractivity contribution in [1.82, 2.24) is 5.32 Å². The molecular formula is C12H16N2O3S. The van der Waals surface area contributed by atoms with E-state index in [9.17, 15) is 13.2 Å². The molecule has 0 heterocycles. The Kier molecular flexibility index (Phi) is 2.95. The predicted octanol–water partition coefficient (Wildman–Crippen LogP) is 0.925. The number of amides is 1. The van der Waals surface area contributed by atoms with Crippen LogP contribution in [-0.2, 0) is 10.0 Å². The van der Waals surface area contributed by atoms with Gasteiger partial charge in [0.25, 0.3) is 5.91 Å². The van der Waals surface area contributed by atoms with Crippen molar-refractivity contribution in [2.45, 2.75) is 37.1 Å². The summed E-state index contributed by atoms with van der Waals surface area (Å²) in [7, 11) is -3.78. The Morgan fingerprint density at radius 1 is 1.39 bits per heavy atom. The molecule has 1 aliphatic carbocycles. The van der Waals surface area contributed by atoms with E-state index in [0.717, 1.165) is 18.4 Å². The summed E-state index contributed by atoms with van der Waals surface area (Å²) in [4.78, 5) is 12.0. The zero-order chi connectivity index (χ0) is 13.6. The lowest BCUT2D eigenvalue weighted by atomic mass is 10.1. The van der Waals surface area contributed by atoms with Gasteiger partial charge in [0.2, 0.25) is 10.0 Å². The summed E-state index contributed by atoms with van der Waals surface area (Å²) in [5.74, 6) is -0.252. The highest BCUT2D eigenvalue weighted by Gasteiger charge is 2.39. The van der Waals surface area contributed by atoms with E-state index in [4.69, 9.17) is 5.14 Å². The lowest BCUT2D eigenvalue weighted by Crippen LogP contribution is -2.34. The van der Waals surface area contributed by atoms with Crippen LogP contribution in [0.4, 0.5) is 0 Å². The van der Waals surface area contributed by atoms with Crippen LogP contribution in [0.15, 0.2) is 23.1 Å². The predicted molar refractivity (Wildman–Crippen MR) is 67.7 cm³/mol. The highest BCUT2D eigenvalue weighted by Crippen LogP contribution is 2.34. The number of sulfonamides is 1. The maximum absolute atomic E-state index is 12.1. The van der Waals surface area contributed by atoms with Gasteiger partial charge >= 0.3 is 0 Å². The molecule has 0 atom stereocenters. The van der Waals surface area contributed by atoms with Gasteiger partial charge in [-0.3, -0.25) is 4.79 Å². The van der Waals surface area contributed by atoms with Crippen LogP contribution in [0.5, 0.6) is 0 Å². The third-order valence-electron chi connectivity index (χ3n) is 3.20. The first kappa shape index (κ1) is 13.0. The van der Waals surface area contributed by atoms with E-state index in [2.05, 4.69) is 5.32 Å². The molecule has 0 bridgehead atoms.